The molecule has 0 aliphatic heterocycles. The van der Waals surface area contributed by atoms with Crippen molar-refractivity contribution >= 4 is 23.3 Å². The number of hydrogen-bond donors (Lipinski definition) is 2. The van der Waals surface area contributed by atoms with E-state index in [0.717, 1.165) is 5.56 Å². The Morgan fingerprint density at radius 1 is 0.892 bits per heavy atom. The van der Waals surface area contributed by atoms with Gasteiger partial charge in [0, 0.05) is 17.3 Å². The fourth-order valence-electron chi connectivity index (χ4n) is 4.15. The van der Waals surface area contributed by atoms with Crippen molar-refractivity contribution in [3.05, 3.63) is 121 Å². The molecule has 0 aliphatic rings. The lowest BCUT2D eigenvalue weighted by molar-refractivity contribution is -0.143. The number of amides is 1. The van der Waals surface area contributed by atoms with Crippen LogP contribution in [0.25, 0.3) is 0 Å². The van der Waals surface area contributed by atoms with Crippen LogP contribution < -0.4 is 5.32 Å². The summed E-state index contributed by atoms with van der Waals surface area (Å²) in [5, 5.41) is 13.4. The molecule has 0 spiro atoms. The molecule has 2 N–H and O–H groups in total. The molecule has 6 nitrogen and oxygen atoms in total. The lowest BCUT2D eigenvalue weighted by Gasteiger charge is -2.27. The summed E-state index contributed by atoms with van der Waals surface area (Å²) in [6.45, 7) is 7.56. The molecule has 3 rings (SSSR count). The number of aliphatic carboxylic acids is 1. The van der Waals surface area contributed by atoms with Crippen molar-refractivity contribution in [1.29, 1.82) is 0 Å². The normalized spacial score (nSPS) is 11.5. The van der Waals surface area contributed by atoms with Crippen molar-refractivity contribution in [2.24, 2.45) is 4.99 Å². The van der Waals surface area contributed by atoms with Crippen LogP contribution in [0.1, 0.15) is 60.1 Å². The van der Waals surface area contributed by atoms with Gasteiger partial charge in [0.25, 0.3) is 5.91 Å². The van der Waals surface area contributed by atoms with Crippen LogP contribution in [0.2, 0.25) is 0 Å². The van der Waals surface area contributed by atoms with Crippen LogP contribution in [-0.4, -0.2) is 33.2 Å². The number of anilines is 1. The number of benzene rings is 2. The lowest BCUT2D eigenvalue weighted by Crippen LogP contribution is -2.38. The van der Waals surface area contributed by atoms with Gasteiger partial charge in [0.1, 0.15) is 5.69 Å². The van der Waals surface area contributed by atoms with Crippen LogP contribution in [0, 0.1) is 0 Å². The molecular formula is C31H33N3O3. The van der Waals surface area contributed by atoms with Gasteiger partial charge < -0.3 is 10.4 Å². The number of carbonyl (C=O) groups excluding carboxylic acids is 1. The summed E-state index contributed by atoms with van der Waals surface area (Å²) in [7, 11) is 0. The van der Waals surface area contributed by atoms with Gasteiger partial charge >= 0.3 is 5.97 Å². The standard InChI is InChI=1S/C31H33N3O3/c1-3-5-13-21-31(30(36)37,22-14-6-4-2)34-28(24-16-8-7-9-17-24)25-18-10-11-19-26(25)33-29(35)27-20-12-15-23-32-27/h3-4,7-12,15-20,23H,1-2,5-6,13-14,21-22H2,(H,33,35)(H,36,37)/b34-28+. The first-order chi connectivity index (χ1) is 18.0. The third-order valence-electron chi connectivity index (χ3n) is 6.10. The first kappa shape index (κ1) is 27.3. The first-order valence-electron chi connectivity index (χ1n) is 12.4. The number of unbranched alkanes of at least 4 members (excludes halogenated alkanes) is 2. The van der Waals surface area contributed by atoms with Gasteiger partial charge in [-0.3, -0.25) is 14.8 Å². The number of aliphatic imine (C=N–C) groups is 1. The molecule has 1 heterocycles. The zero-order chi connectivity index (χ0) is 26.5. The Morgan fingerprint density at radius 3 is 2.11 bits per heavy atom. The monoisotopic (exact) mass is 495 g/mol. The second kappa shape index (κ2) is 13.7. The maximum Gasteiger partial charge on any atom is 0.331 e. The fourth-order valence-corrected chi connectivity index (χ4v) is 4.15. The van der Waals surface area contributed by atoms with E-state index in [0.29, 0.717) is 55.5 Å². The molecule has 0 atom stereocenters. The number of carbonyl (C=O) groups is 2. The van der Waals surface area contributed by atoms with Gasteiger partial charge in [-0.25, -0.2) is 4.79 Å². The summed E-state index contributed by atoms with van der Waals surface area (Å²) in [6, 6.07) is 21.9. The largest absolute Gasteiger partial charge is 0.479 e. The summed E-state index contributed by atoms with van der Waals surface area (Å²) in [4.78, 5) is 34.9. The Hall–Kier alpha value is -4.32. The minimum Gasteiger partial charge on any atom is -0.479 e. The van der Waals surface area contributed by atoms with Gasteiger partial charge in [-0.15, -0.1) is 13.2 Å². The number of hydrogen-bond acceptors (Lipinski definition) is 4. The summed E-state index contributed by atoms with van der Waals surface area (Å²) in [5.41, 5.74) is 1.38. The van der Waals surface area contributed by atoms with Crippen molar-refractivity contribution < 1.29 is 14.7 Å². The van der Waals surface area contributed by atoms with E-state index < -0.39 is 11.5 Å². The predicted molar refractivity (Wildman–Crippen MR) is 149 cm³/mol. The topological polar surface area (TPSA) is 91.7 Å². The third-order valence-corrected chi connectivity index (χ3v) is 6.10. The number of rotatable bonds is 14. The van der Waals surface area contributed by atoms with E-state index in [9.17, 15) is 14.7 Å². The molecule has 0 unspecified atom stereocenters. The molecule has 0 saturated heterocycles. The highest BCUT2D eigenvalue weighted by Gasteiger charge is 2.38. The van der Waals surface area contributed by atoms with Gasteiger partial charge in [-0.1, -0.05) is 66.7 Å². The smallest absolute Gasteiger partial charge is 0.331 e. The van der Waals surface area contributed by atoms with Gasteiger partial charge in [0.05, 0.1) is 11.4 Å². The quantitative estimate of drug-likeness (QED) is 0.148. The number of para-hydroxylation sites is 1. The van der Waals surface area contributed by atoms with Crippen molar-refractivity contribution in [2.75, 3.05) is 5.32 Å². The number of aromatic nitrogens is 1. The third kappa shape index (κ3) is 7.34. The molecule has 0 radical (unpaired) electrons. The Balaban J connectivity index is 2.15. The number of allylic oxidation sites excluding steroid dienone is 2. The molecule has 0 fully saturated rings. The van der Waals surface area contributed by atoms with Crippen LogP contribution in [0.4, 0.5) is 5.69 Å². The number of carboxylic acid groups (broad SMARTS) is 1. The molecular weight excluding hydrogens is 462 g/mol. The number of nitrogens with one attached hydrogen (secondary N) is 1. The Kier molecular flexibility index (Phi) is 10.1. The maximum absolute atomic E-state index is 12.9. The highest BCUT2D eigenvalue weighted by atomic mass is 16.4. The van der Waals surface area contributed by atoms with Crippen molar-refractivity contribution in [1.82, 2.24) is 4.98 Å². The van der Waals surface area contributed by atoms with Gasteiger partial charge in [0.2, 0.25) is 0 Å². The van der Waals surface area contributed by atoms with E-state index >= 15 is 0 Å². The molecule has 2 aromatic carbocycles. The van der Waals surface area contributed by atoms with E-state index in [4.69, 9.17) is 4.99 Å². The molecule has 0 saturated carbocycles. The molecule has 1 amide bonds. The zero-order valence-electron chi connectivity index (χ0n) is 21.0. The van der Waals surface area contributed by atoms with E-state index in [-0.39, 0.29) is 11.6 Å². The number of pyridine rings is 1. The van der Waals surface area contributed by atoms with Crippen molar-refractivity contribution in [3.63, 3.8) is 0 Å². The fraction of sp³-hybridized carbons (Fsp3) is 0.226. The second-order valence-corrected chi connectivity index (χ2v) is 8.74. The molecule has 190 valence electrons. The van der Waals surface area contributed by atoms with Crippen molar-refractivity contribution in [3.8, 4) is 0 Å². The molecule has 1 aromatic heterocycles. The number of nitrogens with zero attached hydrogens (tertiary/aromatic N) is 2. The van der Waals surface area contributed by atoms with Gasteiger partial charge in [-0.2, -0.15) is 0 Å². The van der Waals surface area contributed by atoms with Crippen LogP contribution >= 0.6 is 0 Å². The SMILES string of the molecule is C=CCCCC(CCCC=C)(/N=C(\c1ccccc1)c1ccccc1NC(=O)c1ccccn1)C(=O)O. The average molecular weight is 496 g/mol. The average Bonchev–Trinajstić information content (AvgIpc) is 2.93. The van der Waals surface area contributed by atoms with E-state index in [1.165, 1.54) is 0 Å². The molecule has 37 heavy (non-hydrogen) atoms. The molecule has 3 aromatic rings. The second-order valence-electron chi connectivity index (χ2n) is 8.74. The van der Waals surface area contributed by atoms with Crippen LogP contribution in [-0.2, 0) is 4.79 Å². The summed E-state index contributed by atoms with van der Waals surface area (Å²) < 4.78 is 0. The van der Waals surface area contributed by atoms with Crippen LogP contribution in [0.5, 0.6) is 0 Å². The van der Waals surface area contributed by atoms with E-state index in [2.05, 4.69) is 23.5 Å². The Morgan fingerprint density at radius 2 is 1.51 bits per heavy atom. The Bertz CT molecular complexity index is 1220. The molecule has 6 heteroatoms. The first-order valence-corrected chi connectivity index (χ1v) is 12.4. The predicted octanol–water partition coefficient (Wildman–Crippen LogP) is 6.71. The number of carboxylic acids is 1. The Labute approximate surface area is 218 Å². The van der Waals surface area contributed by atoms with Crippen LogP contribution in [0.3, 0.4) is 0 Å². The van der Waals surface area contributed by atoms with Crippen molar-refractivity contribution in [2.45, 2.75) is 44.1 Å². The lowest BCUT2D eigenvalue weighted by atomic mass is 9.86. The van der Waals surface area contributed by atoms with Gasteiger partial charge in [-0.05, 0) is 56.7 Å². The maximum atomic E-state index is 12.9. The van der Waals surface area contributed by atoms with E-state index in [1.807, 2.05) is 48.5 Å². The molecule has 0 aliphatic carbocycles. The van der Waals surface area contributed by atoms with Gasteiger partial charge in [0.15, 0.2) is 5.54 Å². The minimum atomic E-state index is -1.34. The van der Waals surface area contributed by atoms with Crippen LogP contribution in [0.15, 0.2) is 109 Å². The highest BCUT2D eigenvalue weighted by molar-refractivity contribution is 6.18. The molecule has 0 bridgehead atoms. The summed E-state index contributed by atoms with van der Waals surface area (Å²) in [5.74, 6) is -1.33. The zero-order valence-corrected chi connectivity index (χ0v) is 21.0. The summed E-state index contributed by atoms with van der Waals surface area (Å²) >= 11 is 0. The summed E-state index contributed by atoms with van der Waals surface area (Å²) in [6.07, 6.45) is 8.56. The minimum absolute atomic E-state index is 0.282. The van der Waals surface area contributed by atoms with E-state index in [1.54, 1.807) is 42.6 Å². The highest BCUT2D eigenvalue weighted by Crippen LogP contribution is 2.31.